The number of nitrogen functional groups attached to an aromatic ring is 1. The van der Waals surface area contributed by atoms with Gasteiger partial charge in [0.05, 0.1) is 11.0 Å². The fraction of sp³-hybridized carbons (Fsp3) is 0.0714. The minimum atomic E-state index is 0.703. The molecule has 0 amide bonds. The minimum Gasteiger partial charge on any atom is -0.398 e. The lowest BCUT2D eigenvalue weighted by molar-refractivity contribution is 1.08. The van der Waals surface area contributed by atoms with Crippen LogP contribution in [0.25, 0.3) is 11.0 Å². The first-order valence-electron chi connectivity index (χ1n) is 5.84. The third-order valence-corrected chi connectivity index (χ3v) is 3.99. The second-order valence-electron chi connectivity index (χ2n) is 4.19. The lowest BCUT2D eigenvalue weighted by Crippen LogP contribution is -1.92. The van der Waals surface area contributed by atoms with Gasteiger partial charge in [-0.15, -0.1) is 0 Å². The van der Waals surface area contributed by atoms with E-state index in [2.05, 4.69) is 9.97 Å². The number of thioether (sulfide) groups is 1. The van der Waals surface area contributed by atoms with Crippen LogP contribution in [0, 0.1) is 0 Å². The predicted molar refractivity (Wildman–Crippen MR) is 81.5 cm³/mol. The molecule has 3 nitrogen and oxygen atoms in total. The lowest BCUT2D eigenvalue weighted by atomic mass is 10.2. The van der Waals surface area contributed by atoms with E-state index in [1.165, 1.54) is 0 Å². The van der Waals surface area contributed by atoms with Crippen LogP contribution in [0.5, 0.6) is 0 Å². The number of hydrogen-bond acceptors (Lipinski definition) is 3. The van der Waals surface area contributed by atoms with Gasteiger partial charge in [0.1, 0.15) is 0 Å². The molecule has 3 aromatic rings. The molecule has 2 aromatic carbocycles. The fourth-order valence-electron chi connectivity index (χ4n) is 1.84. The van der Waals surface area contributed by atoms with E-state index in [1.807, 2.05) is 36.4 Å². The number of nitrogens with two attached hydrogens (primary N) is 1. The summed E-state index contributed by atoms with van der Waals surface area (Å²) in [5.74, 6) is 0.742. The molecule has 0 saturated heterocycles. The van der Waals surface area contributed by atoms with Crippen LogP contribution in [0.3, 0.4) is 0 Å². The molecule has 0 aliphatic rings. The first-order valence-corrected chi connectivity index (χ1v) is 7.20. The van der Waals surface area contributed by atoms with Crippen molar-refractivity contribution in [2.24, 2.45) is 0 Å². The number of imidazole rings is 1. The zero-order valence-electron chi connectivity index (χ0n) is 10.1. The van der Waals surface area contributed by atoms with Gasteiger partial charge in [-0.1, -0.05) is 35.5 Å². The molecule has 19 heavy (non-hydrogen) atoms. The molecule has 1 heterocycles. The molecule has 1 aromatic heterocycles. The summed E-state index contributed by atoms with van der Waals surface area (Å²) in [6.07, 6.45) is 0. The summed E-state index contributed by atoms with van der Waals surface area (Å²) < 4.78 is 0. The molecule has 0 unspecified atom stereocenters. The highest BCUT2D eigenvalue weighted by atomic mass is 35.5. The predicted octanol–water partition coefficient (Wildman–Crippen LogP) is 4.09. The number of aromatic amines is 1. The summed E-state index contributed by atoms with van der Waals surface area (Å²) >= 11 is 7.59. The summed E-state index contributed by atoms with van der Waals surface area (Å²) in [6.45, 7) is 0. The van der Waals surface area contributed by atoms with E-state index in [0.717, 1.165) is 33.2 Å². The Labute approximate surface area is 120 Å². The van der Waals surface area contributed by atoms with Crippen molar-refractivity contribution in [3.8, 4) is 0 Å². The van der Waals surface area contributed by atoms with Crippen LogP contribution in [0.1, 0.15) is 5.56 Å². The normalized spacial score (nSPS) is 11.0. The second kappa shape index (κ2) is 5.15. The van der Waals surface area contributed by atoms with Gasteiger partial charge >= 0.3 is 0 Å². The topological polar surface area (TPSA) is 54.7 Å². The largest absolute Gasteiger partial charge is 0.398 e. The van der Waals surface area contributed by atoms with Crippen molar-refractivity contribution in [3.63, 3.8) is 0 Å². The molecule has 0 spiro atoms. The van der Waals surface area contributed by atoms with Crippen LogP contribution in [0.15, 0.2) is 47.6 Å². The van der Waals surface area contributed by atoms with Gasteiger partial charge in [0.25, 0.3) is 0 Å². The number of nitrogens with zero attached hydrogens (tertiary/aromatic N) is 1. The molecule has 0 bridgehead atoms. The first-order chi connectivity index (χ1) is 9.22. The minimum absolute atomic E-state index is 0.703. The van der Waals surface area contributed by atoms with Crippen LogP contribution in [-0.2, 0) is 5.75 Å². The zero-order valence-corrected chi connectivity index (χ0v) is 11.6. The summed E-state index contributed by atoms with van der Waals surface area (Å²) in [5, 5.41) is 1.59. The van der Waals surface area contributed by atoms with Crippen LogP contribution in [0.4, 0.5) is 5.69 Å². The monoisotopic (exact) mass is 289 g/mol. The molecule has 96 valence electrons. The Hall–Kier alpha value is -1.65. The standard InChI is InChI=1S/C14H12ClN3S/c15-10-5-6-11(16)9(7-10)8-19-14-17-12-3-1-2-4-13(12)18-14/h1-7H,8,16H2,(H,17,18). The highest BCUT2D eigenvalue weighted by molar-refractivity contribution is 7.98. The Morgan fingerprint density at radius 1 is 1.21 bits per heavy atom. The maximum atomic E-state index is 5.97. The van der Waals surface area contributed by atoms with Crippen molar-refractivity contribution in [1.82, 2.24) is 9.97 Å². The number of hydrogen-bond donors (Lipinski definition) is 2. The summed E-state index contributed by atoms with van der Waals surface area (Å²) in [7, 11) is 0. The van der Waals surface area contributed by atoms with Crippen molar-refractivity contribution < 1.29 is 0 Å². The number of benzene rings is 2. The SMILES string of the molecule is Nc1ccc(Cl)cc1CSc1nc2ccccc2[nH]1. The van der Waals surface area contributed by atoms with E-state index in [0.29, 0.717) is 5.02 Å². The summed E-state index contributed by atoms with van der Waals surface area (Å²) in [4.78, 5) is 7.79. The van der Waals surface area contributed by atoms with Gasteiger partial charge in [-0.3, -0.25) is 0 Å². The maximum absolute atomic E-state index is 5.97. The van der Waals surface area contributed by atoms with E-state index >= 15 is 0 Å². The molecule has 3 N–H and O–H groups in total. The number of H-pyrrole nitrogens is 1. The number of fused-ring (bicyclic) bond motifs is 1. The maximum Gasteiger partial charge on any atom is 0.166 e. The molecule has 0 aliphatic carbocycles. The molecule has 0 atom stereocenters. The van der Waals surface area contributed by atoms with E-state index < -0.39 is 0 Å². The van der Waals surface area contributed by atoms with Gasteiger partial charge < -0.3 is 10.7 Å². The van der Waals surface area contributed by atoms with Crippen molar-refractivity contribution >= 4 is 40.1 Å². The third kappa shape index (κ3) is 2.69. The highest BCUT2D eigenvalue weighted by Gasteiger charge is 2.05. The van der Waals surface area contributed by atoms with Gasteiger partial charge in [0, 0.05) is 16.5 Å². The Balaban J connectivity index is 1.80. The molecule has 0 saturated carbocycles. The van der Waals surface area contributed by atoms with Gasteiger partial charge in [-0.25, -0.2) is 4.98 Å². The van der Waals surface area contributed by atoms with Gasteiger partial charge in [0.15, 0.2) is 5.16 Å². The van der Waals surface area contributed by atoms with Gasteiger partial charge in [-0.2, -0.15) is 0 Å². The van der Waals surface area contributed by atoms with Crippen molar-refractivity contribution in [1.29, 1.82) is 0 Å². The molecule has 0 aliphatic heterocycles. The Kier molecular flexibility index (Phi) is 3.36. The average molecular weight is 290 g/mol. The van der Waals surface area contributed by atoms with E-state index in [9.17, 15) is 0 Å². The molecule has 0 radical (unpaired) electrons. The number of anilines is 1. The van der Waals surface area contributed by atoms with Crippen LogP contribution in [0.2, 0.25) is 5.02 Å². The first kappa shape index (κ1) is 12.4. The quantitative estimate of drug-likeness (QED) is 0.564. The van der Waals surface area contributed by atoms with Gasteiger partial charge in [0.2, 0.25) is 0 Å². The third-order valence-electron chi connectivity index (χ3n) is 2.84. The Morgan fingerprint density at radius 3 is 2.89 bits per heavy atom. The van der Waals surface area contributed by atoms with Crippen LogP contribution in [-0.4, -0.2) is 9.97 Å². The highest BCUT2D eigenvalue weighted by Crippen LogP contribution is 2.27. The van der Waals surface area contributed by atoms with E-state index in [-0.39, 0.29) is 0 Å². The molecule has 5 heteroatoms. The Morgan fingerprint density at radius 2 is 2.05 bits per heavy atom. The van der Waals surface area contributed by atoms with Crippen LogP contribution >= 0.6 is 23.4 Å². The fourth-order valence-corrected chi connectivity index (χ4v) is 2.93. The van der Waals surface area contributed by atoms with E-state index in [1.54, 1.807) is 17.8 Å². The summed E-state index contributed by atoms with van der Waals surface area (Å²) in [6, 6.07) is 13.5. The smallest absolute Gasteiger partial charge is 0.166 e. The summed E-state index contributed by atoms with van der Waals surface area (Å²) in [5.41, 5.74) is 9.73. The Bertz CT molecular complexity index is 691. The van der Waals surface area contributed by atoms with Crippen molar-refractivity contribution in [3.05, 3.63) is 53.1 Å². The lowest BCUT2D eigenvalue weighted by Gasteiger charge is -2.04. The van der Waals surface area contributed by atoms with Crippen molar-refractivity contribution in [2.45, 2.75) is 10.9 Å². The molecular weight excluding hydrogens is 278 g/mol. The second-order valence-corrected chi connectivity index (χ2v) is 5.59. The number of rotatable bonds is 3. The van der Waals surface area contributed by atoms with E-state index in [4.69, 9.17) is 17.3 Å². The molecular formula is C14H12ClN3S. The molecule has 3 rings (SSSR count). The van der Waals surface area contributed by atoms with Gasteiger partial charge in [-0.05, 0) is 35.9 Å². The van der Waals surface area contributed by atoms with Crippen LogP contribution < -0.4 is 5.73 Å². The van der Waals surface area contributed by atoms with Crippen molar-refractivity contribution in [2.75, 3.05) is 5.73 Å². The molecule has 0 fully saturated rings. The number of nitrogens with one attached hydrogen (secondary N) is 1. The number of para-hydroxylation sites is 2. The number of aromatic nitrogens is 2. The average Bonchev–Trinajstić information content (AvgIpc) is 2.82. The number of halogens is 1. The zero-order chi connectivity index (χ0) is 13.2.